The van der Waals surface area contributed by atoms with Gasteiger partial charge in [0.05, 0.1) is 13.5 Å². The Hall–Kier alpha value is -1.84. The molecule has 0 bridgehead atoms. The third-order valence-electron chi connectivity index (χ3n) is 3.05. The lowest BCUT2D eigenvalue weighted by molar-refractivity contribution is -0.120. The Morgan fingerprint density at radius 3 is 2.61 bits per heavy atom. The highest BCUT2D eigenvalue weighted by molar-refractivity contribution is 5.88. The molecule has 1 aliphatic rings. The average Bonchev–Trinajstić information content (AvgIpc) is 3.21. The molecule has 4 nitrogen and oxygen atoms in total. The minimum absolute atomic E-state index is 0.0832. The molecule has 0 aliphatic heterocycles. The quantitative estimate of drug-likeness (QED) is 0.639. The first kappa shape index (κ1) is 12.6. The number of carbonyl (C=O) groups excluding carboxylic acids is 1. The second kappa shape index (κ2) is 5.67. The molecule has 4 heteroatoms. The molecule has 2 rings (SSSR count). The molecule has 1 aromatic carbocycles. The number of nitrogens with zero attached hydrogens (tertiary/aromatic N) is 1. The summed E-state index contributed by atoms with van der Waals surface area (Å²) in [5.41, 5.74) is 4.58. The smallest absolute Gasteiger partial charge is 0.244 e. The van der Waals surface area contributed by atoms with E-state index in [1.165, 1.54) is 12.8 Å². The van der Waals surface area contributed by atoms with Crippen LogP contribution in [0.25, 0.3) is 0 Å². The van der Waals surface area contributed by atoms with Gasteiger partial charge < -0.3 is 4.74 Å². The third-order valence-corrected chi connectivity index (χ3v) is 3.05. The molecule has 0 aromatic heterocycles. The Balaban J connectivity index is 1.84. The Morgan fingerprint density at radius 1 is 1.39 bits per heavy atom. The van der Waals surface area contributed by atoms with Gasteiger partial charge in [-0.2, -0.15) is 5.10 Å². The summed E-state index contributed by atoms with van der Waals surface area (Å²) >= 11 is 0. The van der Waals surface area contributed by atoms with Gasteiger partial charge in [-0.15, -0.1) is 0 Å². The van der Waals surface area contributed by atoms with Crippen LogP contribution in [0.15, 0.2) is 29.4 Å². The lowest BCUT2D eigenvalue weighted by Crippen LogP contribution is -2.21. The molecule has 1 fully saturated rings. The largest absolute Gasteiger partial charge is 0.497 e. The van der Waals surface area contributed by atoms with E-state index in [0.717, 1.165) is 17.0 Å². The third kappa shape index (κ3) is 3.58. The fourth-order valence-corrected chi connectivity index (χ4v) is 1.71. The van der Waals surface area contributed by atoms with Crippen LogP contribution in [0.4, 0.5) is 0 Å². The average molecular weight is 246 g/mol. The van der Waals surface area contributed by atoms with E-state index >= 15 is 0 Å². The van der Waals surface area contributed by atoms with E-state index in [-0.39, 0.29) is 5.91 Å². The van der Waals surface area contributed by atoms with Crippen molar-refractivity contribution in [3.05, 3.63) is 29.8 Å². The van der Waals surface area contributed by atoms with E-state index in [0.29, 0.717) is 12.3 Å². The number of rotatable bonds is 5. The summed E-state index contributed by atoms with van der Waals surface area (Å²) in [4.78, 5) is 11.7. The highest BCUT2D eigenvalue weighted by Crippen LogP contribution is 2.30. The van der Waals surface area contributed by atoms with E-state index in [9.17, 15) is 4.79 Å². The molecular weight excluding hydrogens is 228 g/mol. The van der Waals surface area contributed by atoms with Crippen molar-refractivity contribution in [2.75, 3.05) is 7.11 Å². The van der Waals surface area contributed by atoms with E-state index in [4.69, 9.17) is 4.74 Å². The van der Waals surface area contributed by atoms with Gasteiger partial charge in [0.25, 0.3) is 0 Å². The minimum atomic E-state index is -0.0832. The van der Waals surface area contributed by atoms with E-state index in [1.54, 1.807) is 7.11 Å². The van der Waals surface area contributed by atoms with E-state index in [1.807, 2.05) is 31.2 Å². The number of amides is 1. The predicted molar refractivity (Wildman–Crippen MR) is 70.7 cm³/mol. The van der Waals surface area contributed by atoms with Crippen molar-refractivity contribution in [3.63, 3.8) is 0 Å². The number of carbonyl (C=O) groups is 1. The topological polar surface area (TPSA) is 50.7 Å². The van der Waals surface area contributed by atoms with Gasteiger partial charge in [0.1, 0.15) is 5.75 Å². The lowest BCUT2D eigenvalue weighted by Gasteiger charge is -2.03. The van der Waals surface area contributed by atoms with Crippen molar-refractivity contribution in [1.82, 2.24) is 5.43 Å². The Labute approximate surface area is 107 Å². The van der Waals surface area contributed by atoms with Gasteiger partial charge in [-0.3, -0.25) is 4.79 Å². The number of ether oxygens (including phenoxy) is 1. The molecule has 0 unspecified atom stereocenters. The molecule has 0 atom stereocenters. The van der Waals surface area contributed by atoms with Crippen LogP contribution in [0.1, 0.15) is 25.3 Å². The van der Waals surface area contributed by atoms with Gasteiger partial charge in [-0.05, 0) is 43.4 Å². The fourth-order valence-electron chi connectivity index (χ4n) is 1.71. The summed E-state index contributed by atoms with van der Waals surface area (Å²) in [6, 6.07) is 7.47. The molecule has 18 heavy (non-hydrogen) atoms. The fraction of sp³-hybridized carbons (Fsp3) is 0.429. The van der Waals surface area contributed by atoms with Crippen molar-refractivity contribution >= 4 is 11.6 Å². The Kier molecular flexibility index (Phi) is 3.97. The zero-order valence-corrected chi connectivity index (χ0v) is 10.8. The number of hydrogen-bond donors (Lipinski definition) is 1. The molecule has 1 amide bonds. The molecule has 0 radical (unpaired) electrons. The van der Waals surface area contributed by atoms with Gasteiger partial charge in [0, 0.05) is 5.71 Å². The first-order valence-electron chi connectivity index (χ1n) is 6.15. The van der Waals surface area contributed by atoms with Crippen LogP contribution >= 0.6 is 0 Å². The Bertz CT molecular complexity index is 447. The molecule has 1 saturated carbocycles. The standard InChI is InChI=1S/C14H18N2O2/c1-10(12-5-6-12)15-16-14(17)9-11-3-7-13(18-2)8-4-11/h3-4,7-8,12H,5-6,9H2,1-2H3,(H,16,17)/b15-10-. The van der Waals surface area contributed by atoms with Crippen LogP contribution in [0.2, 0.25) is 0 Å². The highest BCUT2D eigenvalue weighted by Gasteiger charge is 2.24. The van der Waals surface area contributed by atoms with E-state index in [2.05, 4.69) is 10.5 Å². The molecule has 0 spiro atoms. The molecule has 1 aliphatic carbocycles. The maximum atomic E-state index is 11.7. The number of nitrogens with one attached hydrogen (secondary N) is 1. The number of methoxy groups -OCH3 is 1. The van der Waals surface area contributed by atoms with Crippen LogP contribution in [-0.2, 0) is 11.2 Å². The normalized spacial score (nSPS) is 15.3. The van der Waals surface area contributed by atoms with Crippen LogP contribution in [0, 0.1) is 5.92 Å². The van der Waals surface area contributed by atoms with Crippen molar-refractivity contribution in [2.24, 2.45) is 11.0 Å². The zero-order chi connectivity index (χ0) is 13.0. The van der Waals surface area contributed by atoms with Crippen LogP contribution in [0.3, 0.4) is 0 Å². The van der Waals surface area contributed by atoms with Gasteiger partial charge in [-0.25, -0.2) is 5.43 Å². The monoisotopic (exact) mass is 246 g/mol. The summed E-state index contributed by atoms with van der Waals surface area (Å²) in [6.45, 7) is 1.96. The van der Waals surface area contributed by atoms with Crippen LogP contribution < -0.4 is 10.2 Å². The minimum Gasteiger partial charge on any atom is -0.497 e. The molecular formula is C14H18N2O2. The highest BCUT2D eigenvalue weighted by atomic mass is 16.5. The van der Waals surface area contributed by atoms with Crippen LogP contribution in [-0.4, -0.2) is 18.7 Å². The van der Waals surface area contributed by atoms with Gasteiger partial charge in [0.2, 0.25) is 5.91 Å². The second-order valence-corrected chi connectivity index (χ2v) is 4.59. The maximum absolute atomic E-state index is 11.7. The maximum Gasteiger partial charge on any atom is 0.244 e. The van der Waals surface area contributed by atoms with E-state index < -0.39 is 0 Å². The summed E-state index contributed by atoms with van der Waals surface area (Å²) in [5, 5.41) is 4.11. The Morgan fingerprint density at radius 2 is 2.06 bits per heavy atom. The van der Waals surface area contributed by atoms with Gasteiger partial charge in [0.15, 0.2) is 0 Å². The summed E-state index contributed by atoms with van der Waals surface area (Å²) in [5.74, 6) is 1.30. The first-order chi connectivity index (χ1) is 8.69. The molecule has 0 saturated heterocycles. The van der Waals surface area contributed by atoms with Crippen molar-refractivity contribution in [1.29, 1.82) is 0 Å². The SMILES string of the molecule is COc1ccc(CC(=O)N/N=C(/C)C2CC2)cc1. The van der Waals surface area contributed by atoms with Gasteiger partial charge in [-0.1, -0.05) is 12.1 Å². The van der Waals surface area contributed by atoms with Crippen molar-refractivity contribution in [3.8, 4) is 5.75 Å². The molecule has 0 heterocycles. The second-order valence-electron chi connectivity index (χ2n) is 4.59. The van der Waals surface area contributed by atoms with Gasteiger partial charge >= 0.3 is 0 Å². The lowest BCUT2D eigenvalue weighted by atomic mass is 10.1. The number of hydrogen-bond acceptors (Lipinski definition) is 3. The number of hydrazone groups is 1. The summed E-state index contributed by atoms with van der Waals surface area (Å²) in [7, 11) is 1.62. The van der Waals surface area contributed by atoms with Crippen molar-refractivity contribution in [2.45, 2.75) is 26.2 Å². The number of benzene rings is 1. The van der Waals surface area contributed by atoms with Crippen LogP contribution in [0.5, 0.6) is 5.75 Å². The zero-order valence-electron chi connectivity index (χ0n) is 10.8. The summed E-state index contributed by atoms with van der Waals surface area (Å²) in [6.07, 6.45) is 2.73. The van der Waals surface area contributed by atoms with Crippen molar-refractivity contribution < 1.29 is 9.53 Å². The first-order valence-corrected chi connectivity index (χ1v) is 6.15. The molecule has 1 aromatic rings. The summed E-state index contributed by atoms with van der Waals surface area (Å²) < 4.78 is 5.06. The molecule has 96 valence electrons. The molecule has 1 N–H and O–H groups in total. The predicted octanol–water partition coefficient (Wildman–Crippen LogP) is 2.14.